The fourth-order valence-electron chi connectivity index (χ4n) is 3.93. The molecule has 2 atom stereocenters. The Hall–Kier alpha value is -1.59. The summed E-state index contributed by atoms with van der Waals surface area (Å²) in [5.74, 6) is 2.76. The van der Waals surface area contributed by atoms with E-state index < -0.39 is 0 Å². The van der Waals surface area contributed by atoms with Crippen LogP contribution in [0.3, 0.4) is 0 Å². The van der Waals surface area contributed by atoms with Crippen LogP contribution in [-0.2, 0) is 16.9 Å². The van der Waals surface area contributed by atoms with Crippen molar-refractivity contribution in [1.29, 1.82) is 0 Å². The SMILES string of the molecule is CBr.CCCCc1ccc2c(c1)CSc1ccccc1C2OC(CO)c1ccccc1. The van der Waals surface area contributed by atoms with Crippen LogP contribution in [0.1, 0.15) is 59.8 Å². The third-order valence-corrected chi connectivity index (χ3v) is 6.67. The Balaban J connectivity index is 0.00000132. The summed E-state index contributed by atoms with van der Waals surface area (Å²) in [6.07, 6.45) is 3.00. The Morgan fingerprint density at radius 2 is 1.74 bits per heavy atom. The van der Waals surface area contributed by atoms with E-state index >= 15 is 0 Å². The molecule has 3 aromatic carbocycles. The van der Waals surface area contributed by atoms with E-state index in [1.807, 2.05) is 47.9 Å². The van der Waals surface area contributed by atoms with Crippen molar-refractivity contribution in [2.45, 2.75) is 49.0 Å². The molecule has 0 saturated carbocycles. The lowest BCUT2D eigenvalue weighted by atomic mass is 9.94. The zero-order chi connectivity index (χ0) is 22.1. The molecule has 0 amide bonds. The molecule has 1 aliphatic rings. The fraction of sp³-hybridized carbons (Fsp3) is 0.333. The maximum atomic E-state index is 10.1. The van der Waals surface area contributed by atoms with E-state index in [-0.39, 0.29) is 18.8 Å². The molecule has 31 heavy (non-hydrogen) atoms. The summed E-state index contributed by atoms with van der Waals surface area (Å²) in [6, 6.07) is 25.4. The minimum atomic E-state index is -0.357. The highest BCUT2D eigenvalue weighted by Crippen LogP contribution is 2.43. The number of hydrogen-bond donors (Lipinski definition) is 1. The molecule has 0 spiro atoms. The fourth-order valence-corrected chi connectivity index (χ4v) is 5.01. The Labute approximate surface area is 199 Å². The van der Waals surface area contributed by atoms with E-state index in [0.717, 1.165) is 17.7 Å². The first kappa shape index (κ1) is 24.1. The van der Waals surface area contributed by atoms with Crippen LogP contribution in [0, 0.1) is 0 Å². The Kier molecular flexibility index (Phi) is 9.66. The summed E-state index contributed by atoms with van der Waals surface area (Å²) < 4.78 is 6.62. The van der Waals surface area contributed by atoms with Crippen LogP contribution >= 0.6 is 27.7 Å². The second kappa shape index (κ2) is 12.4. The van der Waals surface area contributed by atoms with Gasteiger partial charge in [-0.15, -0.1) is 11.8 Å². The summed E-state index contributed by atoms with van der Waals surface area (Å²) in [4.78, 5) is 1.26. The maximum Gasteiger partial charge on any atom is 0.110 e. The molecule has 2 unspecified atom stereocenters. The van der Waals surface area contributed by atoms with E-state index in [1.54, 1.807) is 0 Å². The van der Waals surface area contributed by atoms with Gasteiger partial charge < -0.3 is 9.84 Å². The number of aliphatic hydroxyl groups is 1. The van der Waals surface area contributed by atoms with Crippen LogP contribution in [0.25, 0.3) is 0 Å². The lowest BCUT2D eigenvalue weighted by molar-refractivity contribution is -0.0260. The first-order valence-corrected chi connectivity index (χ1v) is 13.4. The number of halogens is 1. The van der Waals surface area contributed by atoms with Gasteiger partial charge in [-0.25, -0.2) is 0 Å². The van der Waals surface area contributed by atoms with Crippen LogP contribution < -0.4 is 0 Å². The molecule has 4 rings (SSSR count). The normalized spacial score (nSPS) is 15.7. The van der Waals surface area contributed by atoms with Crippen LogP contribution in [0.4, 0.5) is 0 Å². The second-order valence-electron chi connectivity index (χ2n) is 7.56. The van der Waals surface area contributed by atoms with Gasteiger partial charge in [0.2, 0.25) is 0 Å². The minimum Gasteiger partial charge on any atom is -0.393 e. The molecule has 0 radical (unpaired) electrons. The predicted octanol–water partition coefficient (Wildman–Crippen LogP) is 7.49. The highest BCUT2D eigenvalue weighted by molar-refractivity contribution is 9.08. The van der Waals surface area contributed by atoms with Crippen molar-refractivity contribution in [2.75, 3.05) is 12.4 Å². The van der Waals surface area contributed by atoms with Gasteiger partial charge in [-0.2, -0.15) is 0 Å². The highest BCUT2D eigenvalue weighted by Gasteiger charge is 2.28. The van der Waals surface area contributed by atoms with E-state index in [4.69, 9.17) is 4.74 Å². The summed E-state index contributed by atoms with van der Waals surface area (Å²) in [7, 11) is 0. The number of unbranched alkanes of at least 4 members (excludes halogenated alkanes) is 1. The van der Waals surface area contributed by atoms with Gasteiger partial charge >= 0.3 is 0 Å². The zero-order valence-electron chi connectivity index (χ0n) is 18.3. The van der Waals surface area contributed by atoms with Crippen LogP contribution in [0.2, 0.25) is 0 Å². The van der Waals surface area contributed by atoms with Crippen molar-refractivity contribution < 1.29 is 9.84 Å². The molecule has 4 heteroatoms. The molecule has 1 N–H and O–H groups in total. The lowest BCUT2D eigenvalue weighted by Gasteiger charge is -2.26. The number of thioether (sulfide) groups is 1. The molecule has 0 fully saturated rings. The molecular weight excluding hydrogens is 468 g/mol. The van der Waals surface area contributed by atoms with Gasteiger partial charge in [0.1, 0.15) is 12.2 Å². The topological polar surface area (TPSA) is 29.5 Å². The summed E-state index contributed by atoms with van der Waals surface area (Å²) in [6.45, 7) is 2.19. The van der Waals surface area contributed by atoms with Gasteiger partial charge in [0.15, 0.2) is 0 Å². The van der Waals surface area contributed by atoms with Crippen LogP contribution in [-0.4, -0.2) is 17.5 Å². The second-order valence-corrected chi connectivity index (χ2v) is 8.58. The standard InChI is InChI=1S/C26H28O2S.CH3Br/c1-2-3-9-19-14-15-22-21(16-19)18-29-25-13-8-7-12-23(25)26(22)28-24(17-27)20-10-5-4-6-11-20;1-2/h4-8,10-16,24,26-27H,2-3,9,17-18H2,1H3;1H3. The molecule has 0 aliphatic carbocycles. The van der Waals surface area contributed by atoms with Gasteiger partial charge in [-0.3, -0.25) is 0 Å². The molecule has 0 aromatic heterocycles. The van der Waals surface area contributed by atoms with Gasteiger partial charge in [0.05, 0.1) is 6.61 Å². The van der Waals surface area contributed by atoms with Gasteiger partial charge in [-0.1, -0.05) is 96.0 Å². The predicted molar refractivity (Wildman–Crippen MR) is 135 cm³/mol. The number of benzene rings is 3. The first-order chi connectivity index (χ1) is 15.3. The van der Waals surface area contributed by atoms with Crippen LogP contribution in [0.5, 0.6) is 0 Å². The maximum absolute atomic E-state index is 10.1. The largest absolute Gasteiger partial charge is 0.393 e. The highest BCUT2D eigenvalue weighted by atomic mass is 79.9. The zero-order valence-corrected chi connectivity index (χ0v) is 20.7. The third kappa shape index (κ3) is 6.01. The van der Waals surface area contributed by atoms with Crippen molar-refractivity contribution in [3.8, 4) is 0 Å². The molecule has 1 heterocycles. The minimum absolute atomic E-state index is 0.0419. The Bertz CT molecular complexity index is 945. The van der Waals surface area contributed by atoms with E-state index in [1.165, 1.54) is 40.0 Å². The number of alkyl halides is 1. The van der Waals surface area contributed by atoms with Crippen molar-refractivity contribution in [1.82, 2.24) is 0 Å². The van der Waals surface area contributed by atoms with Crippen molar-refractivity contribution in [2.24, 2.45) is 0 Å². The molecule has 1 aliphatic heterocycles. The monoisotopic (exact) mass is 498 g/mol. The molecule has 164 valence electrons. The van der Waals surface area contributed by atoms with E-state index in [2.05, 4.69) is 65.3 Å². The molecule has 2 nitrogen and oxygen atoms in total. The van der Waals surface area contributed by atoms with E-state index in [9.17, 15) is 5.11 Å². The number of hydrogen-bond acceptors (Lipinski definition) is 3. The van der Waals surface area contributed by atoms with Crippen molar-refractivity contribution >= 4 is 27.7 Å². The quantitative estimate of drug-likeness (QED) is 0.342. The average molecular weight is 500 g/mol. The Morgan fingerprint density at radius 3 is 2.48 bits per heavy atom. The van der Waals surface area contributed by atoms with Gasteiger partial charge in [0.25, 0.3) is 0 Å². The number of aliphatic hydroxyl groups excluding tert-OH is 1. The summed E-state index contributed by atoms with van der Waals surface area (Å²) in [5.41, 5.74) is 6.15. The summed E-state index contributed by atoms with van der Waals surface area (Å²) in [5, 5.41) is 10.1. The first-order valence-electron chi connectivity index (χ1n) is 10.8. The third-order valence-electron chi connectivity index (χ3n) is 5.53. The van der Waals surface area contributed by atoms with E-state index in [0.29, 0.717) is 0 Å². The Morgan fingerprint density at radius 1 is 1.00 bits per heavy atom. The lowest BCUT2D eigenvalue weighted by Crippen LogP contribution is -2.16. The van der Waals surface area contributed by atoms with Gasteiger partial charge in [-0.05, 0) is 52.6 Å². The van der Waals surface area contributed by atoms with Crippen LogP contribution in [0.15, 0.2) is 77.7 Å². The average Bonchev–Trinajstić information content (AvgIpc) is 2.99. The number of aryl methyl sites for hydroxylation is 1. The smallest absolute Gasteiger partial charge is 0.110 e. The van der Waals surface area contributed by atoms with Crippen molar-refractivity contribution in [3.05, 3.63) is 101 Å². The summed E-state index contributed by atoms with van der Waals surface area (Å²) >= 11 is 4.81. The van der Waals surface area contributed by atoms with Gasteiger partial charge in [0, 0.05) is 10.6 Å². The molecular formula is C27H31BrO2S. The molecule has 0 bridgehead atoms. The molecule has 3 aromatic rings. The number of rotatable bonds is 7. The number of ether oxygens (including phenoxy) is 1. The molecule has 0 saturated heterocycles. The number of fused-ring (bicyclic) bond motifs is 2. The van der Waals surface area contributed by atoms with Crippen molar-refractivity contribution in [3.63, 3.8) is 0 Å².